The molecule has 0 N–H and O–H groups in total. The van der Waals surface area contributed by atoms with Crippen molar-refractivity contribution in [1.82, 2.24) is 0 Å². The smallest absolute Gasteiger partial charge is 0.380 e. The van der Waals surface area contributed by atoms with E-state index in [1.54, 1.807) is 27.7 Å². The van der Waals surface area contributed by atoms with Gasteiger partial charge in [-0.1, -0.05) is 27.7 Å². The summed E-state index contributed by atoms with van der Waals surface area (Å²) in [5, 5.41) is 0. The van der Waals surface area contributed by atoms with Crippen LogP contribution in [0.15, 0.2) is 12.1 Å². The molecule has 0 aromatic carbocycles. The van der Waals surface area contributed by atoms with Gasteiger partial charge in [-0.05, 0) is 37.1 Å². The lowest BCUT2D eigenvalue weighted by Gasteiger charge is -2.25. The minimum absolute atomic E-state index is 0.0928. The van der Waals surface area contributed by atoms with Gasteiger partial charge in [-0.3, -0.25) is 9.59 Å². The zero-order valence-corrected chi connectivity index (χ0v) is 22.6. The summed E-state index contributed by atoms with van der Waals surface area (Å²) in [7, 11) is 0. The summed E-state index contributed by atoms with van der Waals surface area (Å²) in [6.07, 6.45) is 0. The number of alkyl halides is 6. The number of allylic oxidation sites excluding steroid dienone is 2. The van der Waals surface area contributed by atoms with Gasteiger partial charge < -0.3 is 9.47 Å². The highest BCUT2D eigenvalue weighted by molar-refractivity contribution is 7.12. The highest BCUT2D eigenvalue weighted by Gasteiger charge is 2.80. The zero-order chi connectivity index (χ0) is 28.1. The fourth-order valence-electron chi connectivity index (χ4n) is 3.78. The highest BCUT2D eigenvalue weighted by atomic mass is 32.1. The van der Waals surface area contributed by atoms with Crippen LogP contribution in [0.1, 0.15) is 58.3 Å². The number of hydrogen-bond acceptors (Lipinski definition) is 6. The van der Waals surface area contributed by atoms with Gasteiger partial charge in [0.25, 0.3) is 0 Å². The Hall–Kier alpha value is -2.34. The molecule has 204 valence electrons. The molecule has 37 heavy (non-hydrogen) atoms. The number of halogens is 6. The Balaban J connectivity index is 2.14. The number of carbonyl (C=O) groups is 2. The molecule has 0 atom stereocenters. The predicted molar refractivity (Wildman–Crippen MR) is 129 cm³/mol. The molecule has 0 fully saturated rings. The Morgan fingerprint density at radius 1 is 0.730 bits per heavy atom. The van der Waals surface area contributed by atoms with Crippen LogP contribution in [0.5, 0.6) is 0 Å². The van der Waals surface area contributed by atoms with Gasteiger partial charge >= 0.3 is 29.7 Å². The maximum absolute atomic E-state index is 15.2. The average Bonchev–Trinajstić information content (AvgIpc) is 3.36. The van der Waals surface area contributed by atoms with Crippen molar-refractivity contribution in [1.29, 1.82) is 0 Å². The number of thiophene rings is 2. The third-order valence-electron chi connectivity index (χ3n) is 5.80. The largest absolute Gasteiger partial charge is 0.460 e. The first kappa shape index (κ1) is 29.2. The molecular formula is C25H26F6O4S2. The standard InChI is InChI=1S/C25H26F6O4S2/c1-11(2)21(32)34-9-15-7-17(13(5)36-15)19-20(24(28,29)25(30,31)23(19,26)27)18-8-16(37-14(18)6)10-35-22(33)12(3)4/h7-8,11-12H,9-10H2,1-6H3. The Morgan fingerprint density at radius 2 is 1.05 bits per heavy atom. The molecule has 0 saturated heterocycles. The van der Waals surface area contributed by atoms with Crippen molar-refractivity contribution < 1.29 is 45.4 Å². The second kappa shape index (κ2) is 10.1. The molecule has 0 amide bonds. The second-order valence-electron chi connectivity index (χ2n) is 9.36. The van der Waals surface area contributed by atoms with Crippen molar-refractivity contribution in [3.63, 3.8) is 0 Å². The molecule has 2 aromatic rings. The van der Waals surface area contributed by atoms with Crippen LogP contribution in [-0.2, 0) is 32.3 Å². The Kier molecular flexibility index (Phi) is 7.97. The maximum Gasteiger partial charge on any atom is 0.380 e. The Morgan fingerprint density at radius 3 is 1.35 bits per heavy atom. The van der Waals surface area contributed by atoms with E-state index in [1.165, 1.54) is 13.8 Å². The van der Waals surface area contributed by atoms with E-state index in [-0.39, 0.29) is 32.7 Å². The summed E-state index contributed by atoms with van der Waals surface area (Å²) in [6.45, 7) is 8.44. The molecule has 4 nitrogen and oxygen atoms in total. The molecular weight excluding hydrogens is 542 g/mol. The summed E-state index contributed by atoms with van der Waals surface area (Å²) in [5.74, 6) is -18.1. The van der Waals surface area contributed by atoms with Crippen LogP contribution in [0, 0.1) is 25.7 Å². The molecule has 12 heteroatoms. The van der Waals surface area contributed by atoms with Crippen LogP contribution in [-0.4, -0.2) is 29.7 Å². The first-order chi connectivity index (χ1) is 16.9. The minimum atomic E-state index is -5.69. The molecule has 0 radical (unpaired) electrons. The van der Waals surface area contributed by atoms with Gasteiger partial charge in [-0.25, -0.2) is 0 Å². The average molecular weight is 569 g/mol. The molecule has 0 saturated carbocycles. The van der Waals surface area contributed by atoms with Gasteiger partial charge in [-0.15, -0.1) is 22.7 Å². The molecule has 2 aromatic heterocycles. The number of esters is 2. The lowest BCUT2D eigenvalue weighted by Crippen LogP contribution is -2.48. The third kappa shape index (κ3) is 5.06. The fraction of sp³-hybridized carbons (Fsp3) is 0.520. The van der Waals surface area contributed by atoms with Crippen LogP contribution in [0.3, 0.4) is 0 Å². The van der Waals surface area contributed by atoms with Crippen LogP contribution in [0.25, 0.3) is 11.1 Å². The van der Waals surface area contributed by atoms with E-state index in [2.05, 4.69) is 0 Å². The van der Waals surface area contributed by atoms with E-state index in [1.807, 2.05) is 0 Å². The normalized spacial score (nSPS) is 18.1. The molecule has 0 bridgehead atoms. The van der Waals surface area contributed by atoms with Gasteiger partial charge in [0.2, 0.25) is 0 Å². The molecule has 3 rings (SSSR count). The molecule has 1 aliphatic carbocycles. The minimum Gasteiger partial charge on any atom is -0.460 e. The van der Waals surface area contributed by atoms with Gasteiger partial charge in [0.05, 0.1) is 11.8 Å². The first-order valence-electron chi connectivity index (χ1n) is 11.3. The Labute approximate surface area is 218 Å². The molecule has 0 spiro atoms. The second-order valence-corrected chi connectivity index (χ2v) is 12.0. The highest BCUT2D eigenvalue weighted by Crippen LogP contribution is 2.65. The van der Waals surface area contributed by atoms with E-state index in [9.17, 15) is 18.4 Å². The summed E-state index contributed by atoms with van der Waals surface area (Å²) in [5.41, 5.74) is -3.86. The van der Waals surface area contributed by atoms with Crippen LogP contribution in [0.2, 0.25) is 0 Å². The predicted octanol–water partition coefficient (Wildman–Crippen LogP) is 7.66. The molecule has 0 aliphatic heterocycles. The summed E-state index contributed by atoms with van der Waals surface area (Å²) >= 11 is 1.77. The molecule has 2 heterocycles. The SMILES string of the molecule is Cc1sc(COC(=O)C(C)C)cc1C1=C(c2cc(COC(=O)C(C)C)sc2C)C(F)(F)C(F)(F)C1(F)F. The van der Waals surface area contributed by atoms with E-state index < -0.39 is 63.8 Å². The topological polar surface area (TPSA) is 52.6 Å². The molecule has 1 aliphatic rings. The Bertz CT molecular complexity index is 1150. The lowest BCUT2D eigenvalue weighted by atomic mass is 9.95. The van der Waals surface area contributed by atoms with Crippen molar-refractivity contribution in [3.05, 3.63) is 42.8 Å². The van der Waals surface area contributed by atoms with E-state index in [0.29, 0.717) is 0 Å². The van der Waals surface area contributed by atoms with Crippen molar-refractivity contribution in [2.45, 2.75) is 72.5 Å². The number of ether oxygens (including phenoxy) is 2. The van der Waals surface area contributed by atoms with Crippen LogP contribution >= 0.6 is 22.7 Å². The third-order valence-corrected chi connectivity index (χ3v) is 7.85. The summed E-state index contributed by atoms with van der Waals surface area (Å²) < 4.78 is 100. The van der Waals surface area contributed by atoms with Crippen LogP contribution < -0.4 is 0 Å². The quantitative estimate of drug-likeness (QED) is 0.242. The zero-order valence-electron chi connectivity index (χ0n) is 20.9. The maximum atomic E-state index is 15.2. The van der Waals surface area contributed by atoms with Crippen molar-refractivity contribution >= 4 is 45.8 Å². The fourth-order valence-corrected chi connectivity index (χ4v) is 5.69. The van der Waals surface area contributed by atoms with Gasteiger partial charge in [0.1, 0.15) is 13.2 Å². The number of rotatable bonds is 8. The lowest BCUT2D eigenvalue weighted by molar-refractivity contribution is -0.254. The monoisotopic (exact) mass is 568 g/mol. The summed E-state index contributed by atoms with van der Waals surface area (Å²) in [4.78, 5) is 24.2. The molecule has 0 unspecified atom stereocenters. The van der Waals surface area contributed by atoms with Gasteiger partial charge in [0.15, 0.2) is 0 Å². The van der Waals surface area contributed by atoms with Gasteiger partial charge in [0, 0.05) is 30.7 Å². The van der Waals surface area contributed by atoms with Crippen molar-refractivity contribution in [3.8, 4) is 0 Å². The van der Waals surface area contributed by atoms with E-state index in [4.69, 9.17) is 9.47 Å². The van der Waals surface area contributed by atoms with Crippen molar-refractivity contribution in [2.24, 2.45) is 11.8 Å². The first-order valence-corrected chi connectivity index (χ1v) is 13.0. The number of hydrogen-bond donors (Lipinski definition) is 0. The number of aryl methyl sites for hydroxylation is 2. The van der Waals surface area contributed by atoms with Gasteiger partial charge in [-0.2, -0.15) is 26.3 Å². The van der Waals surface area contributed by atoms with E-state index in [0.717, 1.165) is 34.8 Å². The number of carbonyl (C=O) groups excluding carboxylic acids is 2. The summed E-state index contributed by atoms with van der Waals surface area (Å²) in [6, 6.07) is 2.17. The van der Waals surface area contributed by atoms with Crippen molar-refractivity contribution in [2.75, 3.05) is 0 Å². The van der Waals surface area contributed by atoms with Crippen LogP contribution in [0.4, 0.5) is 26.3 Å². The van der Waals surface area contributed by atoms with E-state index >= 15 is 17.6 Å².